The minimum atomic E-state index is -4.73. The molecule has 2 unspecified atom stereocenters. The molecule has 1 aliphatic heterocycles. The molecule has 0 aromatic heterocycles. The Morgan fingerprint density at radius 1 is 1.14 bits per heavy atom. The number of alkyl halides is 3. The van der Waals surface area contributed by atoms with Crippen LogP contribution in [0.5, 0.6) is 0 Å². The fourth-order valence-electron chi connectivity index (χ4n) is 3.33. The van der Waals surface area contributed by atoms with Crippen LogP contribution in [0.3, 0.4) is 0 Å². The van der Waals surface area contributed by atoms with Crippen LogP contribution >= 0.6 is 0 Å². The topological polar surface area (TPSA) is 46.4 Å². The van der Waals surface area contributed by atoms with Gasteiger partial charge in [0.1, 0.15) is 5.56 Å². The van der Waals surface area contributed by atoms with Gasteiger partial charge in [-0.25, -0.2) is 0 Å². The van der Waals surface area contributed by atoms with Gasteiger partial charge < -0.3 is 4.90 Å². The van der Waals surface area contributed by atoms with E-state index in [0.29, 0.717) is 30.6 Å². The van der Waals surface area contributed by atoms with Crippen LogP contribution in [0.15, 0.2) is 30.4 Å². The van der Waals surface area contributed by atoms with Gasteiger partial charge in [-0.1, -0.05) is 12.2 Å². The van der Waals surface area contributed by atoms with E-state index in [1.165, 1.54) is 6.07 Å². The van der Waals surface area contributed by atoms with Gasteiger partial charge in [0.25, 0.3) is 5.69 Å². The molecule has 0 radical (unpaired) electrons. The van der Waals surface area contributed by atoms with Crippen molar-refractivity contribution in [2.24, 2.45) is 11.8 Å². The third kappa shape index (κ3) is 2.67. The SMILES string of the molecule is O=[N+]([O-])c1ccc(N2CC3CC=CCC3C2)cc1C(F)(F)F. The summed E-state index contributed by atoms with van der Waals surface area (Å²) >= 11 is 0. The third-order valence-electron chi connectivity index (χ3n) is 4.47. The lowest BCUT2D eigenvalue weighted by Gasteiger charge is -2.20. The summed E-state index contributed by atoms with van der Waals surface area (Å²) in [6.45, 7) is 1.40. The molecular formula is C15H15F3N2O2. The highest BCUT2D eigenvalue weighted by atomic mass is 19.4. The zero-order valence-corrected chi connectivity index (χ0v) is 11.7. The summed E-state index contributed by atoms with van der Waals surface area (Å²) in [6.07, 6.45) is 1.39. The maximum Gasteiger partial charge on any atom is 0.423 e. The smallest absolute Gasteiger partial charge is 0.371 e. The molecule has 2 aliphatic rings. The first-order chi connectivity index (χ1) is 10.4. The van der Waals surface area contributed by atoms with Gasteiger partial charge in [-0.05, 0) is 36.8 Å². The number of hydrogen-bond acceptors (Lipinski definition) is 3. The van der Waals surface area contributed by atoms with Gasteiger partial charge in [0.2, 0.25) is 0 Å². The lowest BCUT2D eigenvalue weighted by Crippen LogP contribution is -2.21. The maximum atomic E-state index is 13.0. The third-order valence-corrected chi connectivity index (χ3v) is 4.47. The predicted octanol–water partition coefficient (Wildman–Crippen LogP) is 4.02. The second-order valence-corrected chi connectivity index (χ2v) is 5.82. The molecule has 0 saturated carbocycles. The molecule has 1 saturated heterocycles. The molecule has 0 N–H and O–H groups in total. The van der Waals surface area contributed by atoms with Crippen molar-refractivity contribution in [3.8, 4) is 0 Å². The molecule has 0 spiro atoms. The predicted molar refractivity (Wildman–Crippen MR) is 75.7 cm³/mol. The Morgan fingerprint density at radius 2 is 1.73 bits per heavy atom. The van der Waals surface area contributed by atoms with Crippen LogP contribution < -0.4 is 4.90 Å². The Labute approximate surface area is 125 Å². The normalized spacial score (nSPS) is 24.4. The number of allylic oxidation sites excluding steroid dienone is 2. The summed E-state index contributed by atoms with van der Waals surface area (Å²) in [5.41, 5.74) is -1.66. The molecule has 0 amide bonds. The van der Waals surface area contributed by atoms with Gasteiger partial charge >= 0.3 is 6.18 Å². The Kier molecular flexibility index (Phi) is 3.58. The van der Waals surface area contributed by atoms with Crippen molar-refractivity contribution in [1.82, 2.24) is 0 Å². The van der Waals surface area contributed by atoms with Crippen LogP contribution in [-0.4, -0.2) is 18.0 Å². The summed E-state index contributed by atoms with van der Waals surface area (Å²) in [7, 11) is 0. The summed E-state index contributed by atoms with van der Waals surface area (Å²) < 4.78 is 39.1. The van der Waals surface area contributed by atoms with Crippen molar-refractivity contribution in [2.45, 2.75) is 19.0 Å². The molecular weight excluding hydrogens is 297 g/mol. The van der Waals surface area contributed by atoms with E-state index in [1.807, 2.05) is 4.90 Å². The Hall–Kier alpha value is -2.05. The first-order valence-corrected chi connectivity index (χ1v) is 7.12. The van der Waals surface area contributed by atoms with Crippen LogP contribution in [0.1, 0.15) is 18.4 Å². The van der Waals surface area contributed by atoms with E-state index in [4.69, 9.17) is 0 Å². The summed E-state index contributed by atoms with van der Waals surface area (Å²) in [6, 6.07) is 3.28. The number of nitrogens with zero attached hydrogens (tertiary/aromatic N) is 2. The summed E-state index contributed by atoms with van der Waals surface area (Å²) in [4.78, 5) is 11.7. The first kappa shape index (κ1) is 14.9. The highest BCUT2D eigenvalue weighted by molar-refractivity contribution is 5.57. The van der Waals surface area contributed by atoms with Crippen LogP contribution in [0, 0.1) is 22.0 Å². The quantitative estimate of drug-likeness (QED) is 0.471. The molecule has 2 atom stereocenters. The maximum absolute atomic E-state index is 13.0. The monoisotopic (exact) mass is 312 g/mol. The van der Waals surface area contributed by atoms with Gasteiger partial charge in [-0.2, -0.15) is 13.2 Å². The van der Waals surface area contributed by atoms with E-state index in [2.05, 4.69) is 12.2 Å². The van der Waals surface area contributed by atoms with Crippen molar-refractivity contribution >= 4 is 11.4 Å². The highest BCUT2D eigenvalue weighted by Crippen LogP contribution is 2.41. The van der Waals surface area contributed by atoms with E-state index in [9.17, 15) is 23.3 Å². The zero-order valence-electron chi connectivity index (χ0n) is 11.7. The van der Waals surface area contributed by atoms with Crippen molar-refractivity contribution < 1.29 is 18.1 Å². The van der Waals surface area contributed by atoms with Crippen LogP contribution in [-0.2, 0) is 6.18 Å². The lowest BCUT2D eigenvalue weighted by molar-refractivity contribution is -0.388. The molecule has 118 valence electrons. The minimum absolute atomic E-state index is 0.410. The van der Waals surface area contributed by atoms with Gasteiger partial charge in [0, 0.05) is 24.8 Å². The Morgan fingerprint density at radius 3 is 2.23 bits per heavy atom. The van der Waals surface area contributed by atoms with Crippen LogP contribution in [0.4, 0.5) is 24.5 Å². The van der Waals surface area contributed by atoms with Crippen molar-refractivity contribution in [3.63, 3.8) is 0 Å². The average Bonchev–Trinajstić information content (AvgIpc) is 2.89. The van der Waals surface area contributed by atoms with E-state index < -0.39 is 22.4 Å². The number of anilines is 1. The molecule has 0 bridgehead atoms. The second kappa shape index (κ2) is 5.30. The van der Waals surface area contributed by atoms with E-state index in [0.717, 1.165) is 25.0 Å². The van der Waals surface area contributed by atoms with E-state index >= 15 is 0 Å². The van der Waals surface area contributed by atoms with Gasteiger partial charge in [0.05, 0.1) is 4.92 Å². The molecule has 1 aromatic carbocycles. The highest BCUT2D eigenvalue weighted by Gasteiger charge is 2.40. The van der Waals surface area contributed by atoms with Gasteiger partial charge in [-0.15, -0.1) is 0 Å². The second-order valence-electron chi connectivity index (χ2n) is 5.82. The molecule has 22 heavy (non-hydrogen) atoms. The number of rotatable bonds is 2. The standard InChI is InChI=1S/C15H15F3N2O2/c16-15(17,18)13-7-12(5-6-14(13)20(21)22)19-8-10-3-1-2-4-11(10)9-19/h1-2,5-7,10-11H,3-4,8-9H2. The van der Waals surface area contributed by atoms with Crippen LogP contribution in [0.25, 0.3) is 0 Å². The van der Waals surface area contributed by atoms with E-state index in [1.54, 1.807) is 0 Å². The minimum Gasteiger partial charge on any atom is -0.371 e. The number of halogens is 3. The van der Waals surface area contributed by atoms with Crippen LogP contribution in [0.2, 0.25) is 0 Å². The summed E-state index contributed by atoms with van der Waals surface area (Å²) in [5, 5.41) is 10.8. The Balaban J connectivity index is 1.91. The largest absolute Gasteiger partial charge is 0.423 e. The number of hydrogen-bond donors (Lipinski definition) is 0. The molecule has 3 rings (SSSR count). The Bertz CT molecular complexity index is 612. The number of fused-ring (bicyclic) bond motifs is 1. The molecule has 7 heteroatoms. The number of nitro benzene ring substituents is 1. The molecule has 1 fully saturated rings. The number of benzene rings is 1. The fraction of sp³-hybridized carbons (Fsp3) is 0.467. The molecule has 1 aliphatic carbocycles. The zero-order chi connectivity index (χ0) is 15.9. The van der Waals surface area contributed by atoms with Gasteiger partial charge in [0.15, 0.2) is 0 Å². The first-order valence-electron chi connectivity index (χ1n) is 7.12. The number of nitro groups is 1. The van der Waals surface area contributed by atoms with Crippen molar-refractivity contribution in [2.75, 3.05) is 18.0 Å². The fourth-order valence-corrected chi connectivity index (χ4v) is 3.33. The molecule has 1 aromatic rings. The molecule has 1 heterocycles. The molecule has 4 nitrogen and oxygen atoms in total. The lowest BCUT2D eigenvalue weighted by atomic mass is 9.86. The van der Waals surface area contributed by atoms with E-state index in [-0.39, 0.29) is 0 Å². The van der Waals surface area contributed by atoms with Crippen molar-refractivity contribution in [1.29, 1.82) is 0 Å². The average molecular weight is 312 g/mol. The van der Waals surface area contributed by atoms with Gasteiger partial charge in [-0.3, -0.25) is 10.1 Å². The summed E-state index contributed by atoms with van der Waals surface area (Å²) in [5.74, 6) is 0.907. The van der Waals surface area contributed by atoms with Crippen molar-refractivity contribution in [3.05, 3.63) is 46.0 Å².